The molecule has 31 heavy (non-hydrogen) atoms. The topological polar surface area (TPSA) is 105 Å². The molecule has 0 radical (unpaired) electrons. The van der Waals surface area contributed by atoms with E-state index in [0.29, 0.717) is 45.6 Å². The Bertz CT molecular complexity index is 987. The van der Waals surface area contributed by atoms with E-state index in [-0.39, 0.29) is 23.9 Å². The largest absolute Gasteiger partial charge is 0.459 e. The number of nitrogens with zero attached hydrogens (tertiary/aromatic N) is 2. The van der Waals surface area contributed by atoms with Crippen LogP contribution in [0.3, 0.4) is 0 Å². The number of aromatic nitrogens is 2. The second-order valence-corrected chi connectivity index (χ2v) is 10.4. The minimum atomic E-state index is -0.628. The summed E-state index contributed by atoms with van der Waals surface area (Å²) in [6.07, 6.45) is 1.25. The van der Waals surface area contributed by atoms with E-state index in [4.69, 9.17) is 9.47 Å². The van der Waals surface area contributed by atoms with Gasteiger partial charge in [-0.3, -0.25) is 9.69 Å². The lowest BCUT2D eigenvalue weighted by Crippen LogP contribution is -2.38. The minimum Gasteiger partial charge on any atom is -0.459 e. The van der Waals surface area contributed by atoms with E-state index in [2.05, 4.69) is 14.9 Å². The highest BCUT2D eigenvalue weighted by molar-refractivity contribution is 7.20. The Balaban J connectivity index is 1.78. The van der Waals surface area contributed by atoms with Gasteiger partial charge in [-0.25, -0.2) is 9.78 Å². The summed E-state index contributed by atoms with van der Waals surface area (Å²) in [6, 6.07) is 0.368. The third kappa shape index (κ3) is 6.35. The third-order valence-corrected chi connectivity index (χ3v) is 6.11. The van der Waals surface area contributed by atoms with E-state index in [1.54, 1.807) is 20.8 Å². The molecule has 172 valence electrons. The number of carbonyl (C=O) groups is 1. The van der Waals surface area contributed by atoms with Crippen LogP contribution in [0, 0.1) is 6.92 Å². The monoisotopic (exact) mass is 451 g/mol. The van der Waals surface area contributed by atoms with Gasteiger partial charge in [0.05, 0.1) is 36.3 Å². The fourth-order valence-electron chi connectivity index (χ4n) is 3.37. The zero-order valence-corrected chi connectivity index (χ0v) is 20.0. The number of rotatable bonds is 9. The summed E-state index contributed by atoms with van der Waals surface area (Å²) in [5, 5.41) is 10.9. The molecule has 2 N–H and O–H groups in total. The molecule has 0 amide bonds. The standard InChI is InChI=1S/C22H33N3O5S/c1-12(2)30-21(28)18-13(3)17-19(27)23-16(24-20(17)31-18)10-25(14-7-8-14)9-15(26)11-29-22(4,5)6/h12,14-15,26H,7-11H2,1-6H3,(H,23,24,27). The fourth-order valence-corrected chi connectivity index (χ4v) is 4.45. The zero-order chi connectivity index (χ0) is 22.9. The van der Waals surface area contributed by atoms with Gasteiger partial charge in [0, 0.05) is 12.6 Å². The molecule has 2 heterocycles. The first-order valence-electron chi connectivity index (χ1n) is 10.7. The van der Waals surface area contributed by atoms with Crippen LogP contribution in [0.15, 0.2) is 4.79 Å². The van der Waals surface area contributed by atoms with E-state index in [0.717, 1.165) is 12.8 Å². The van der Waals surface area contributed by atoms with Crippen LogP contribution in [-0.2, 0) is 16.0 Å². The Morgan fingerprint density at radius 3 is 2.61 bits per heavy atom. The molecule has 1 unspecified atom stereocenters. The highest BCUT2D eigenvalue weighted by atomic mass is 32.1. The van der Waals surface area contributed by atoms with Crippen molar-refractivity contribution in [2.75, 3.05) is 13.2 Å². The van der Waals surface area contributed by atoms with E-state index in [1.807, 2.05) is 20.8 Å². The zero-order valence-electron chi connectivity index (χ0n) is 19.2. The van der Waals surface area contributed by atoms with Gasteiger partial charge in [-0.15, -0.1) is 11.3 Å². The second kappa shape index (κ2) is 9.36. The molecule has 1 saturated carbocycles. The van der Waals surface area contributed by atoms with Crippen molar-refractivity contribution >= 4 is 27.5 Å². The van der Waals surface area contributed by atoms with Crippen molar-refractivity contribution in [3.63, 3.8) is 0 Å². The number of carbonyl (C=O) groups excluding carboxylic acids is 1. The quantitative estimate of drug-likeness (QED) is 0.565. The predicted octanol–water partition coefficient (Wildman–Crippen LogP) is 3.00. The molecular formula is C22H33N3O5S. The Labute approximate surface area is 186 Å². The van der Waals surface area contributed by atoms with E-state index in [1.165, 1.54) is 11.3 Å². The molecule has 2 aromatic rings. The average molecular weight is 452 g/mol. The van der Waals surface area contributed by atoms with Crippen LogP contribution in [0.1, 0.15) is 68.5 Å². The van der Waals surface area contributed by atoms with Gasteiger partial charge in [0.15, 0.2) is 0 Å². The highest BCUT2D eigenvalue weighted by Crippen LogP contribution is 2.30. The van der Waals surface area contributed by atoms with Crippen LogP contribution >= 0.6 is 11.3 Å². The van der Waals surface area contributed by atoms with Gasteiger partial charge in [0.1, 0.15) is 15.5 Å². The number of thiophene rings is 1. The maximum Gasteiger partial charge on any atom is 0.348 e. The number of ether oxygens (including phenoxy) is 2. The summed E-state index contributed by atoms with van der Waals surface area (Å²) in [4.78, 5) is 35.7. The summed E-state index contributed by atoms with van der Waals surface area (Å²) in [5.41, 5.74) is 0.0266. The van der Waals surface area contributed by atoms with Gasteiger partial charge in [-0.05, 0) is 59.9 Å². The number of aryl methyl sites for hydroxylation is 1. The molecule has 3 rings (SSSR count). The first-order chi connectivity index (χ1) is 14.4. The van der Waals surface area contributed by atoms with Crippen LogP contribution < -0.4 is 5.56 Å². The van der Waals surface area contributed by atoms with Gasteiger partial charge >= 0.3 is 5.97 Å². The molecule has 0 saturated heterocycles. The number of aliphatic hydroxyl groups excluding tert-OH is 1. The van der Waals surface area contributed by atoms with Crippen molar-refractivity contribution in [2.24, 2.45) is 0 Å². The number of aliphatic hydroxyl groups is 1. The van der Waals surface area contributed by atoms with Gasteiger partial charge in [-0.1, -0.05) is 0 Å². The summed E-state index contributed by atoms with van der Waals surface area (Å²) >= 11 is 1.18. The third-order valence-electron chi connectivity index (χ3n) is 4.95. The number of aromatic amines is 1. The molecule has 2 aromatic heterocycles. The van der Waals surface area contributed by atoms with Crippen LogP contribution in [0.4, 0.5) is 0 Å². The second-order valence-electron chi connectivity index (χ2n) is 9.44. The van der Waals surface area contributed by atoms with E-state index >= 15 is 0 Å². The number of nitrogens with one attached hydrogen (secondary N) is 1. The highest BCUT2D eigenvalue weighted by Gasteiger charge is 2.31. The van der Waals surface area contributed by atoms with Crippen molar-refractivity contribution < 1.29 is 19.4 Å². The minimum absolute atomic E-state index is 0.236. The van der Waals surface area contributed by atoms with Gasteiger partial charge in [0.25, 0.3) is 5.56 Å². The van der Waals surface area contributed by atoms with Crippen molar-refractivity contribution in [3.8, 4) is 0 Å². The lowest BCUT2D eigenvalue weighted by atomic mass is 10.2. The Hall–Kier alpha value is -1.81. The summed E-state index contributed by atoms with van der Waals surface area (Å²) in [5.74, 6) is 0.0939. The number of esters is 1. The maximum atomic E-state index is 12.8. The predicted molar refractivity (Wildman–Crippen MR) is 121 cm³/mol. The lowest BCUT2D eigenvalue weighted by Gasteiger charge is -2.27. The first-order valence-corrected chi connectivity index (χ1v) is 11.6. The molecule has 0 aromatic carbocycles. The van der Waals surface area contributed by atoms with E-state index < -0.39 is 12.1 Å². The molecule has 0 spiro atoms. The van der Waals surface area contributed by atoms with Crippen molar-refractivity contribution in [1.82, 2.24) is 14.9 Å². The molecule has 1 atom stereocenters. The number of H-pyrrole nitrogens is 1. The lowest BCUT2D eigenvalue weighted by molar-refractivity contribution is -0.0574. The van der Waals surface area contributed by atoms with Crippen molar-refractivity contribution in [2.45, 2.75) is 84.8 Å². The van der Waals surface area contributed by atoms with Crippen LogP contribution in [0.2, 0.25) is 0 Å². The molecule has 9 heteroatoms. The maximum absolute atomic E-state index is 12.8. The first kappa shape index (κ1) is 23.8. The molecule has 1 fully saturated rings. The molecule has 1 aliphatic rings. The van der Waals surface area contributed by atoms with Crippen molar-refractivity contribution in [1.29, 1.82) is 0 Å². The number of fused-ring (bicyclic) bond motifs is 1. The number of hydrogen-bond acceptors (Lipinski definition) is 8. The van der Waals surface area contributed by atoms with E-state index in [9.17, 15) is 14.7 Å². The summed E-state index contributed by atoms with van der Waals surface area (Å²) in [7, 11) is 0. The summed E-state index contributed by atoms with van der Waals surface area (Å²) in [6.45, 7) is 12.3. The Morgan fingerprint density at radius 1 is 1.35 bits per heavy atom. The SMILES string of the molecule is Cc1c(C(=O)OC(C)C)sc2nc(CN(CC(O)COC(C)(C)C)C3CC3)[nH]c(=O)c12. The van der Waals surface area contributed by atoms with Gasteiger partial charge < -0.3 is 19.6 Å². The molecular weight excluding hydrogens is 418 g/mol. The van der Waals surface area contributed by atoms with Crippen LogP contribution in [0.5, 0.6) is 0 Å². The van der Waals surface area contributed by atoms with Crippen LogP contribution in [-0.4, -0.2) is 62.9 Å². The molecule has 0 bridgehead atoms. The molecule has 1 aliphatic carbocycles. The smallest absolute Gasteiger partial charge is 0.348 e. The van der Waals surface area contributed by atoms with Gasteiger partial charge in [-0.2, -0.15) is 0 Å². The fraction of sp³-hybridized carbons (Fsp3) is 0.682. The normalized spacial score (nSPS) is 15.8. The van der Waals surface area contributed by atoms with Crippen molar-refractivity contribution in [3.05, 3.63) is 26.6 Å². The molecule has 8 nitrogen and oxygen atoms in total. The average Bonchev–Trinajstić information content (AvgIpc) is 3.42. The Morgan fingerprint density at radius 2 is 2.03 bits per heavy atom. The molecule has 0 aliphatic heterocycles. The Kier molecular flexibility index (Phi) is 7.20. The summed E-state index contributed by atoms with van der Waals surface area (Å²) < 4.78 is 11.0. The van der Waals surface area contributed by atoms with Gasteiger partial charge in [0.2, 0.25) is 0 Å². The van der Waals surface area contributed by atoms with Crippen LogP contribution in [0.25, 0.3) is 10.2 Å². The number of hydrogen-bond donors (Lipinski definition) is 2.